The van der Waals surface area contributed by atoms with Crippen molar-refractivity contribution in [3.63, 3.8) is 0 Å². The molecule has 0 unspecified atom stereocenters. The van der Waals surface area contributed by atoms with Crippen molar-refractivity contribution in [3.8, 4) is 0 Å². The number of benzene rings is 1. The zero-order valence-corrected chi connectivity index (χ0v) is 14.8. The maximum atomic E-state index is 12.2. The van der Waals surface area contributed by atoms with E-state index < -0.39 is 0 Å². The quantitative estimate of drug-likeness (QED) is 0.713. The second-order valence-corrected chi connectivity index (χ2v) is 7.79. The Kier molecular flexibility index (Phi) is 4.68. The number of hydrogen-bond donors (Lipinski definition) is 1. The minimum absolute atomic E-state index is 0.0530. The Bertz CT molecular complexity index is 788. The van der Waals surface area contributed by atoms with Crippen molar-refractivity contribution in [1.29, 1.82) is 0 Å². The Hall–Kier alpha value is -1.86. The molecule has 1 atom stereocenters. The van der Waals surface area contributed by atoms with Crippen LogP contribution >= 0.6 is 23.1 Å². The van der Waals surface area contributed by atoms with Gasteiger partial charge in [0.15, 0.2) is 4.34 Å². The molecular formula is C16H17N3O2S2. The van der Waals surface area contributed by atoms with Crippen LogP contribution in [0.25, 0.3) is 10.2 Å². The summed E-state index contributed by atoms with van der Waals surface area (Å²) in [4.78, 5) is 21.0. The van der Waals surface area contributed by atoms with Crippen LogP contribution in [0.5, 0.6) is 0 Å². The van der Waals surface area contributed by atoms with E-state index in [1.54, 1.807) is 11.3 Å². The fourth-order valence-corrected chi connectivity index (χ4v) is 4.26. The number of amides is 1. The molecular weight excluding hydrogens is 330 g/mol. The van der Waals surface area contributed by atoms with Gasteiger partial charge >= 0.3 is 0 Å². The van der Waals surface area contributed by atoms with E-state index >= 15 is 0 Å². The van der Waals surface area contributed by atoms with Gasteiger partial charge in [-0.15, -0.1) is 11.3 Å². The first-order valence-electron chi connectivity index (χ1n) is 7.26. The summed E-state index contributed by atoms with van der Waals surface area (Å²) in [7, 11) is 0. The molecule has 1 N–H and O–H groups in total. The Labute approximate surface area is 142 Å². The second-order valence-electron chi connectivity index (χ2n) is 5.17. The lowest BCUT2D eigenvalue weighted by Gasteiger charge is -2.08. The van der Waals surface area contributed by atoms with Crippen molar-refractivity contribution in [2.45, 2.75) is 36.9 Å². The Morgan fingerprint density at radius 3 is 2.83 bits per heavy atom. The van der Waals surface area contributed by atoms with Crippen molar-refractivity contribution in [1.82, 2.24) is 15.3 Å². The number of carbonyl (C=O) groups excluding carboxylic acids is 1. The van der Waals surface area contributed by atoms with E-state index in [0.717, 1.165) is 26.0 Å². The van der Waals surface area contributed by atoms with Crippen molar-refractivity contribution in [2.24, 2.45) is 0 Å². The first kappa shape index (κ1) is 16.0. The summed E-state index contributed by atoms with van der Waals surface area (Å²) in [6, 6.07) is 7.97. The van der Waals surface area contributed by atoms with Crippen LogP contribution in [0.2, 0.25) is 0 Å². The molecule has 0 aliphatic rings. The van der Waals surface area contributed by atoms with Crippen LogP contribution in [-0.4, -0.2) is 21.1 Å². The van der Waals surface area contributed by atoms with Crippen LogP contribution in [0, 0.1) is 13.8 Å². The maximum absolute atomic E-state index is 12.2. The van der Waals surface area contributed by atoms with E-state index in [0.29, 0.717) is 12.4 Å². The van der Waals surface area contributed by atoms with Crippen LogP contribution in [0.1, 0.15) is 24.3 Å². The fourth-order valence-electron chi connectivity index (χ4n) is 2.03. The summed E-state index contributed by atoms with van der Waals surface area (Å²) in [6.07, 6.45) is 0. The smallest absolute Gasteiger partial charge is 0.233 e. The number of hydrogen-bond acceptors (Lipinski definition) is 6. The second kappa shape index (κ2) is 6.72. The van der Waals surface area contributed by atoms with Gasteiger partial charge in [-0.3, -0.25) is 4.79 Å². The summed E-state index contributed by atoms with van der Waals surface area (Å²) in [5, 5.41) is 2.63. The third-order valence-corrected chi connectivity index (χ3v) is 5.64. The number of aromatic nitrogens is 2. The average Bonchev–Trinajstić information content (AvgIpc) is 3.07. The summed E-state index contributed by atoms with van der Waals surface area (Å²) in [6.45, 7) is 5.92. The predicted molar refractivity (Wildman–Crippen MR) is 92.8 cm³/mol. The number of oxazole rings is 1. The number of fused-ring (bicyclic) bond motifs is 1. The minimum Gasteiger partial charge on any atom is -0.444 e. The molecule has 3 rings (SSSR count). The van der Waals surface area contributed by atoms with Crippen LogP contribution in [0.15, 0.2) is 33.0 Å². The summed E-state index contributed by atoms with van der Waals surface area (Å²) in [5.74, 6) is 1.26. The van der Waals surface area contributed by atoms with Crippen molar-refractivity contribution >= 4 is 39.2 Å². The fraction of sp³-hybridized carbons (Fsp3) is 0.312. The molecule has 2 aromatic heterocycles. The molecule has 23 heavy (non-hydrogen) atoms. The monoisotopic (exact) mass is 347 g/mol. The van der Waals surface area contributed by atoms with Gasteiger partial charge in [-0.1, -0.05) is 23.9 Å². The van der Waals surface area contributed by atoms with Gasteiger partial charge < -0.3 is 9.73 Å². The molecule has 120 valence electrons. The lowest BCUT2D eigenvalue weighted by Crippen LogP contribution is -2.30. The topological polar surface area (TPSA) is 68.0 Å². The standard InChI is InChI=1S/C16H17N3O2S2/c1-9-10(2)21-14(18-9)8-17-15(20)11(3)22-16-19-12-6-4-5-7-13(12)23-16/h4-7,11H,8H2,1-3H3,(H,17,20)/t11-/m0/s1. The SMILES string of the molecule is Cc1nc(CNC(=O)[C@H](C)Sc2nc3ccccc3s2)oc1C. The highest BCUT2D eigenvalue weighted by Crippen LogP contribution is 2.31. The molecule has 3 aromatic rings. The number of para-hydroxylation sites is 1. The number of nitrogens with one attached hydrogen (secondary N) is 1. The van der Waals surface area contributed by atoms with E-state index in [1.807, 2.05) is 45.0 Å². The molecule has 0 fully saturated rings. The zero-order chi connectivity index (χ0) is 16.4. The summed E-state index contributed by atoms with van der Waals surface area (Å²) in [5.41, 5.74) is 1.82. The van der Waals surface area contributed by atoms with Gasteiger partial charge in [0.05, 0.1) is 27.7 Å². The van der Waals surface area contributed by atoms with Gasteiger partial charge in [-0.2, -0.15) is 0 Å². The molecule has 0 aliphatic carbocycles. The maximum Gasteiger partial charge on any atom is 0.233 e. The highest BCUT2D eigenvalue weighted by Gasteiger charge is 2.17. The number of rotatable bonds is 5. The van der Waals surface area contributed by atoms with E-state index in [1.165, 1.54) is 11.8 Å². The predicted octanol–water partition coefficient (Wildman–Crippen LogP) is 3.70. The van der Waals surface area contributed by atoms with Crippen LogP contribution in [-0.2, 0) is 11.3 Å². The van der Waals surface area contributed by atoms with Gasteiger partial charge in [0, 0.05) is 0 Å². The van der Waals surface area contributed by atoms with E-state index in [-0.39, 0.29) is 11.2 Å². The molecule has 1 amide bonds. The lowest BCUT2D eigenvalue weighted by atomic mass is 10.3. The normalized spacial score (nSPS) is 12.5. The summed E-state index contributed by atoms with van der Waals surface area (Å²) >= 11 is 3.07. The number of aryl methyl sites for hydroxylation is 2. The molecule has 2 heterocycles. The Balaban J connectivity index is 1.58. The van der Waals surface area contributed by atoms with Crippen LogP contribution in [0.3, 0.4) is 0 Å². The molecule has 0 spiro atoms. The van der Waals surface area contributed by atoms with Gasteiger partial charge in [0.25, 0.3) is 0 Å². The van der Waals surface area contributed by atoms with E-state index in [2.05, 4.69) is 15.3 Å². The van der Waals surface area contributed by atoms with Crippen molar-refractivity contribution < 1.29 is 9.21 Å². The first-order chi connectivity index (χ1) is 11.0. The molecule has 0 radical (unpaired) electrons. The van der Waals surface area contributed by atoms with E-state index in [9.17, 15) is 4.79 Å². The number of carbonyl (C=O) groups is 1. The molecule has 5 nitrogen and oxygen atoms in total. The first-order valence-corrected chi connectivity index (χ1v) is 8.95. The third-order valence-electron chi connectivity index (χ3n) is 3.41. The molecule has 0 saturated heterocycles. The molecule has 0 aliphatic heterocycles. The number of thiazole rings is 1. The minimum atomic E-state index is -0.229. The van der Waals surface area contributed by atoms with Gasteiger partial charge in [-0.05, 0) is 32.9 Å². The zero-order valence-electron chi connectivity index (χ0n) is 13.1. The molecule has 0 bridgehead atoms. The van der Waals surface area contributed by atoms with Gasteiger partial charge in [0.2, 0.25) is 11.8 Å². The number of thioether (sulfide) groups is 1. The van der Waals surface area contributed by atoms with Gasteiger partial charge in [-0.25, -0.2) is 9.97 Å². The van der Waals surface area contributed by atoms with Crippen molar-refractivity contribution in [3.05, 3.63) is 41.6 Å². The van der Waals surface area contributed by atoms with Crippen LogP contribution in [0.4, 0.5) is 0 Å². The average molecular weight is 347 g/mol. The molecule has 0 saturated carbocycles. The highest BCUT2D eigenvalue weighted by molar-refractivity contribution is 8.02. The van der Waals surface area contributed by atoms with Crippen LogP contribution < -0.4 is 5.32 Å². The number of nitrogens with zero attached hydrogens (tertiary/aromatic N) is 2. The highest BCUT2D eigenvalue weighted by atomic mass is 32.2. The summed E-state index contributed by atoms with van der Waals surface area (Å²) < 4.78 is 7.49. The Morgan fingerprint density at radius 1 is 1.35 bits per heavy atom. The molecule has 1 aromatic carbocycles. The molecule has 7 heteroatoms. The lowest BCUT2D eigenvalue weighted by molar-refractivity contribution is -0.120. The van der Waals surface area contributed by atoms with E-state index in [4.69, 9.17) is 4.42 Å². The largest absolute Gasteiger partial charge is 0.444 e. The Morgan fingerprint density at radius 2 is 2.13 bits per heavy atom. The van der Waals surface area contributed by atoms with Crippen molar-refractivity contribution in [2.75, 3.05) is 0 Å². The van der Waals surface area contributed by atoms with Gasteiger partial charge in [0.1, 0.15) is 5.76 Å². The third kappa shape index (κ3) is 3.73.